The number of piperazine rings is 1. The fraction of sp³-hybridized carbons (Fsp3) is 0.562. The van der Waals surface area contributed by atoms with Crippen molar-refractivity contribution in [2.45, 2.75) is 33.2 Å². The van der Waals surface area contributed by atoms with Crippen LogP contribution in [0.5, 0.6) is 5.75 Å². The molecule has 0 aliphatic carbocycles. The summed E-state index contributed by atoms with van der Waals surface area (Å²) in [4.78, 5) is 14.1. The van der Waals surface area contributed by atoms with Crippen LogP contribution in [-0.4, -0.2) is 43.1 Å². The smallest absolute Gasteiger partial charge is 0.226 e. The summed E-state index contributed by atoms with van der Waals surface area (Å²) in [6.07, 6.45) is 0.442. The van der Waals surface area contributed by atoms with Crippen LogP contribution < -0.4 is 10.1 Å². The van der Waals surface area contributed by atoms with Gasteiger partial charge in [0.25, 0.3) is 0 Å². The van der Waals surface area contributed by atoms with Crippen LogP contribution in [-0.2, 0) is 4.79 Å². The highest BCUT2D eigenvalue weighted by Gasteiger charge is 2.22. The first-order valence-corrected chi connectivity index (χ1v) is 7.28. The molecule has 4 nitrogen and oxygen atoms in total. The number of amides is 1. The van der Waals surface area contributed by atoms with Crippen LogP contribution in [0.2, 0.25) is 0 Å². The lowest BCUT2D eigenvalue weighted by Gasteiger charge is -2.34. The lowest BCUT2D eigenvalue weighted by atomic mass is 10.1. The monoisotopic (exact) mass is 312 g/mol. The van der Waals surface area contributed by atoms with Crippen molar-refractivity contribution < 1.29 is 9.53 Å². The number of halogens is 1. The van der Waals surface area contributed by atoms with Crippen molar-refractivity contribution in [1.29, 1.82) is 0 Å². The lowest BCUT2D eigenvalue weighted by molar-refractivity contribution is -0.134. The Bertz CT molecular complexity index is 479. The van der Waals surface area contributed by atoms with Crippen molar-refractivity contribution in [3.05, 3.63) is 29.3 Å². The Morgan fingerprint density at radius 1 is 1.38 bits per heavy atom. The van der Waals surface area contributed by atoms with Crippen LogP contribution in [0.1, 0.15) is 24.5 Å². The summed E-state index contributed by atoms with van der Waals surface area (Å²) in [7, 11) is 0. The first-order valence-electron chi connectivity index (χ1n) is 7.28. The molecule has 1 saturated heterocycles. The largest absolute Gasteiger partial charge is 0.493 e. The summed E-state index contributed by atoms with van der Waals surface area (Å²) >= 11 is 0. The molecule has 0 radical (unpaired) electrons. The van der Waals surface area contributed by atoms with E-state index in [1.165, 1.54) is 11.1 Å². The number of nitrogens with zero attached hydrogens (tertiary/aromatic N) is 1. The minimum atomic E-state index is 0. The van der Waals surface area contributed by atoms with Crippen molar-refractivity contribution >= 4 is 18.3 Å². The summed E-state index contributed by atoms with van der Waals surface area (Å²) in [6.45, 7) is 9.22. The second-order valence-electron chi connectivity index (χ2n) is 5.48. The van der Waals surface area contributed by atoms with Gasteiger partial charge in [-0.25, -0.2) is 0 Å². The average Bonchev–Trinajstić information content (AvgIpc) is 2.43. The predicted octanol–water partition coefficient (Wildman–Crippen LogP) is 2.31. The standard InChI is InChI=1S/C16H24N2O2.ClH/c1-12-4-5-15(10-13(12)2)20-9-6-16(19)18-8-7-17-11-14(18)3;/h4-5,10,14,17H,6-9,11H2,1-3H3;1H. The molecule has 1 aromatic rings. The van der Waals surface area contributed by atoms with Gasteiger partial charge >= 0.3 is 0 Å². The van der Waals surface area contributed by atoms with E-state index in [4.69, 9.17) is 4.74 Å². The Morgan fingerprint density at radius 2 is 2.14 bits per heavy atom. The molecule has 1 atom stereocenters. The van der Waals surface area contributed by atoms with Crippen molar-refractivity contribution in [3.63, 3.8) is 0 Å². The third-order valence-corrected chi connectivity index (χ3v) is 3.88. The van der Waals surface area contributed by atoms with Gasteiger partial charge in [0.1, 0.15) is 5.75 Å². The SMILES string of the molecule is Cc1ccc(OCCC(=O)N2CCNCC2C)cc1C.Cl. The van der Waals surface area contributed by atoms with Crippen molar-refractivity contribution in [3.8, 4) is 5.75 Å². The molecule has 2 rings (SSSR count). The van der Waals surface area contributed by atoms with Crippen molar-refractivity contribution in [2.75, 3.05) is 26.2 Å². The minimum absolute atomic E-state index is 0. The van der Waals surface area contributed by atoms with Gasteiger partial charge in [-0.05, 0) is 44.0 Å². The van der Waals surface area contributed by atoms with Gasteiger partial charge in [0, 0.05) is 25.7 Å². The molecule has 1 amide bonds. The van der Waals surface area contributed by atoms with Gasteiger partial charge < -0.3 is 15.0 Å². The van der Waals surface area contributed by atoms with Gasteiger partial charge in [0.2, 0.25) is 5.91 Å². The number of hydrogen-bond acceptors (Lipinski definition) is 3. The third kappa shape index (κ3) is 4.90. The first-order chi connectivity index (χ1) is 9.58. The number of benzene rings is 1. The van der Waals surface area contributed by atoms with Gasteiger partial charge in [-0.1, -0.05) is 6.07 Å². The fourth-order valence-electron chi connectivity index (χ4n) is 2.42. The number of nitrogens with one attached hydrogen (secondary N) is 1. The zero-order valence-corrected chi connectivity index (χ0v) is 13.8. The molecule has 1 aliphatic heterocycles. The molecule has 1 unspecified atom stereocenters. The second kappa shape index (κ2) is 8.25. The maximum atomic E-state index is 12.1. The predicted molar refractivity (Wildman–Crippen MR) is 87.3 cm³/mol. The van der Waals surface area contributed by atoms with Gasteiger partial charge in [-0.15, -0.1) is 12.4 Å². The summed E-state index contributed by atoms with van der Waals surface area (Å²) in [5.74, 6) is 1.03. The summed E-state index contributed by atoms with van der Waals surface area (Å²) in [5, 5.41) is 3.29. The van der Waals surface area contributed by atoms with Crippen molar-refractivity contribution in [1.82, 2.24) is 10.2 Å². The number of aryl methyl sites for hydroxylation is 2. The van der Waals surface area contributed by atoms with Crippen LogP contribution in [0, 0.1) is 13.8 Å². The van der Waals surface area contributed by atoms with E-state index in [2.05, 4.69) is 26.1 Å². The van der Waals surface area contributed by atoms with E-state index in [0.717, 1.165) is 25.4 Å². The van der Waals surface area contributed by atoms with E-state index in [1.54, 1.807) is 0 Å². The van der Waals surface area contributed by atoms with E-state index >= 15 is 0 Å². The lowest BCUT2D eigenvalue weighted by Crippen LogP contribution is -2.52. The van der Waals surface area contributed by atoms with E-state index in [-0.39, 0.29) is 24.4 Å². The van der Waals surface area contributed by atoms with Crippen LogP contribution >= 0.6 is 12.4 Å². The van der Waals surface area contributed by atoms with Crippen LogP contribution in [0.15, 0.2) is 18.2 Å². The molecule has 5 heteroatoms. The number of hydrogen-bond donors (Lipinski definition) is 1. The molecule has 0 aromatic heterocycles. The summed E-state index contributed by atoms with van der Waals surface area (Å²) in [5.41, 5.74) is 2.47. The molecule has 1 fully saturated rings. The molecule has 1 aromatic carbocycles. The Morgan fingerprint density at radius 3 is 2.81 bits per heavy atom. The summed E-state index contributed by atoms with van der Waals surface area (Å²) in [6, 6.07) is 6.30. The molecular formula is C16H25ClN2O2. The zero-order chi connectivity index (χ0) is 14.5. The number of rotatable bonds is 4. The van der Waals surface area contributed by atoms with E-state index < -0.39 is 0 Å². The average molecular weight is 313 g/mol. The maximum absolute atomic E-state index is 12.1. The minimum Gasteiger partial charge on any atom is -0.493 e. The van der Waals surface area contributed by atoms with Gasteiger partial charge in [-0.3, -0.25) is 4.79 Å². The molecule has 1 N–H and O–H groups in total. The quantitative estimate of drug-likeness (QED) is 0.927. The molecule has 1 heterocycles. The molecule has 118 valence electrons. The molecule has 0 spiro atoms. The van der Waals surface area contributed by atoms with Gasteiger partial charge in [-0.2, -0.15) is 0 Å². The van der Waals surface area contributed by atoms with Gasteiger partial charge in [0.15, 0.2) is 0 Å². The van der Waals surface area contributed by atoms with Crippen LogP contribution in [0.3, 0.4) is 0 Å². The van der Waals surface area contributed by atoms with E-state index in [0.29, 0.717) is 13.0 Å². The van der Waals surface area contributed by atoms with Crippen LogP contribution in [0.4, 0.5) is 0 Å². The fourth-order valence-corrected chi connectivity index (χ4v) is 2.42. The third-order valence-electron chi connectivity index (χ3n) is 3.88. The highest BCUT2D eigenvalue weighted by atomic mass is 35.5. The van der Waals surface area contributed by atoms with Gasteiger partial charge in [0.05, 0.1) is 13.0 Å². The van der Waals surface area contributed by atoms with Crippen LogP contribution in [0.25, 0.3) is 0 Å². The van der Waals surface area contributed by atoms with E-state index in [1.807, 2.05) is 23.1 Å². The normalized spacial score (nSPS) is 18.0. The number of carbonyl (C=O) groups is 1. The number of ether oxygens (including phenoxy) is 1. The topological polar surface area (TPSA) is 41.6 Å². The highest BCUT2D eigenvalue weighted by molar-refractivity contribution is 5.85. The molecule has 1 aliphatic rings. The Labute approximate surface area is 133 Å². The zero-order valence-electron chi connectivity index (χ0n) is 13.0. The van der Waals surface area contributed by atoms with Crippen molar-refractivity contribution in [2.24, 2.45) is 0 Å². The molecule has 0 saturated carbocycles. The van der Waals surface area contributed by atoms with E-state index in [9.17, 15) is 4.79 Å². The Balaban J connectivity index is 0.00000220. The Kier molecular flexibility index (Phi) is 6.99. The highest BCUT2D eigenvalue weighted by Crippen LogP contribution is 2.16. The Hall–Kier alpha value is -1.26. The number of carbonyl (C=O) groups excluding carboxylic acids is 1. The molecular weight excluding hydrogens is 288 g/mol. The first kappa shape index (κ1) is 17.8. The molecule has 0 bridgehead atoms. The molecule has 21 heavy (non-hydrogen) atoms. The summed E-state index contributed by atoms with van der Waals surface area (Å²) < 4.78 is 5.68. The second-order valence-corrected chi connectivity index (χ2v) is 5.48. The maximum Gasteiger partial charge on any atom is 0.226 e.